The minimum atomic E-state index is -1.07. The quantitative estimate of drug-likeness (QED) is 0.756. The second-order valence-corrected chi connectivity index (χ2v) is 5.13. The first-order valence-corrected chi connectivity index (χ1v) is 6.31. The Labute approximate surface area is 117 Å². The first kappa shape index (κ1) is 12.4. The van der Waals surface area contributed by atoms with Gasteiger partial charge in [-0.1, -0.05) is 6.07 Å². The van der Waals surface area contributed by atoms with E-state index < -0.39 is 5.72 Å². The normalized spacial score (nSPS) is 23.4. The van der Waals surface area contributed by atoms with Crippen LogP contribution < -0.4 is 15.8 Å². The van der Waals surface area contributed by atoms with Crippen molar-refractivity contribution < 1.29 is 9.47 Å². The summed E-state index contributed by atoms with van der Waals surface area (Å²) >= 11 is 0. The topological polar surface area (TPSA) is 80.3 Å². The molecule has 102 valence electrons. The van der Waals surface area contributed by atoms with Crippen molar-refractivity contribution in [1.29, 1.82) is 5.26 Å². The van der Waals surface area contributed by atoms with Gasteiger partial charge >= 0.3 is 0 Å². The van der Waals surface area contributed by atoms with Crippen LogP contribution in [0.4, 0.5) is 5.69 Å². The minimum absolute atomic E-state index is 0.0715. The number of nitrogens with zero attached hydrogens (tertiary/aromatic N) is 1. The number of hydrogen-bond acceptors (Lipinski definition) is 5. The van der Waals surface area contributed by atoms with Crippen LogP contribution in [0.1, 0.15) is 18.1 Å². The average molecular weight is 269 g/mol. The van der Waals surface area contributed by atoms with Gasteiger partial charge < -0.3 is 20.5 Å². The predicted molar refractivity (Wildman–Crippen MR) is 74.6 cm³/mol. The zero-order valence-corrected chi connectivity index (χ0v) is 11.6. The van der Waals surface area contributed by atoms with Gasteiger partial charge in [0.25, 0.3) is 0 Å². The van der Waals surface area contributed by atoms with E-state index in [4.69, 9.17) is 15.2 Å². The molecule has 2 aliphatic heterocycles. The summed E-state index contributed by atoms with van der Waals surface area (Å²) < 4.78 is 11.3. The molecule has 0 aromatic heterocycles. The molecule has 2 aliphatic rings. The third-order valence-corrected chi connectivity index (χ3v) is 3.41. The van der Waals surface area contributed by atoms with Crippen molar-refractivity contribution in [1.82, 2.24) is 0 Å². The van der Waals surface area contributed by atoms with E-state index in [0.29, 0.717) is 5.76 Å². The molecule has 0 bridgehead atoms. The summed E-state index contributed by atoms with van der Waals surface area (Å²) in [6.07, 6.45) is 1.73. The molecule has 0 saturated heterocycles. The van der Waals surface area contributed by atoms with E-state index in [2.05, 4.69) is 11.4 Å². The van der Waals surface area contributed by atoms with Crippen LogP contribution in [0.15, 0.2) is 35.4 Å². The Bertz CT molecular complexity index is 713. The van der Waals surface area contributed by atoms with Crippen molar-refractivity contribution in [3.05, 3.63) is 46.6 Å². The molecule has 1 spiro atoms. The number of anilines is 1. The van der Waals surface area contributed by atoms with Crippen molar-refractivity contribution in [3.8, 4) is 11.8 Å². The van der Waals surface area contributed by atoms with E-state index in [1.165, 1.54) is 0 Å². The molecule has 5 heteroatoms. The fourth-order valence-corrected chi connectivity index (χ4v) is 2.68. The van der Waals surface area contributed by atoms with Gasteiger partial charge in [-0.05, 0) is 38.0 Å². The van der Waals surface area contributed by atoms with Crippen LogP contribution in [-0.4, -0.2) is 5.72 Å². The maximum Gasteiger partial charge on any atom is 0.245 e. The van der Waals surface area contributed by atoms with Crippen molar-refractivity contribution >= 4 is 5.69 Å². The lowest BCUT2D eigenvalue weighted by atomic mass is 10.0. The molecule has 0 fully saturated rings. The summed E-state index contributed by atoms with van der Waals surface area (Å²) in [4.78, 5) is 0. The number of rotatable bonds is 0. The highest BCUT2D eigenvalue weighted by Crippen LogP contribution is 2.45. The van der Waals surface area contributed by atoms with Crippen LogP contribution in [-0.2, 0) is 4.74 Å². The van der Waals surface area contributed by atoms with Gasteiger partial charge in [-0.3, -0.25) is 0 Å². The lowest BCUT2D eigenvalue weighted by molar-refractivity contribution is 0.174. The minimum Gasteiger partial charge on any atom is -0.457 e. The molecule has 3 N–H and O–H groups in total. The zero-order chi connectivity index (χ0) is 14.5. The number of aryl methyl sites for hydroxylation is 2. The van der Waals surface area contributed by atoms with Crippen LogP contribution in [0.5, 0.6) is 5.75 Å². The second-order valence-electron chi connectivity index (χ2n) is 5.13. The van der Waals surface area contributed by atoms with Gasteiger partial charge in [0.05, 0.1) is 5.69 Å². The van der Waals surface area contributed by atoms with E-state index in [-0.39, 0.29) is 11.5 Å². The Morgan fingerprint density at radius 2 is 2.05 bits per heavy atom. The summed E-state index contributed by atoms with van der Waals surface area (Å²) in [7, 11) is 0. The molecule has 1 aromatic rings. The van der Waals surface area contributed by atoms with Crippen LogP contribution in [0.25, 0.3) is 0 Å². The number of ether oxygens (including phenoxy) is 2. The molecule has 20 heavy (non-hydrogen) atoms. The summed E-state index contributed by atoms with van der Waals surface area (Å²) in [6.45, 7) is 5.76. The van der Waals surface area contributed by atoms with Gasteiger partial charge in [-0.2, -0.15) is 5.26 Å². The van der Waals surface area contributed by atoms with Crippen molar-refractivity contribution in [2.75, 3.05) is 5.32 Å². The molecule has 1 aromatic carbocycles. The third kappa shape index (κ3) is 1.62. The maximum absolute atomic E-state index is 9.36. The predicted octanol–water partition coefficient (Wildman–Crippen LogP) is 2.43. The third-order valence-electron chi connectivity index (χ3n) is 3.41. The SMILES string of the molecule is CC1=C[C@@]2(Nc3cc(C)cc(C)c3O2)C(C#N)=C(N)O1. The van der Waals surface area contributed by atoms with Crippen LogP contribution >= 0.6 is 0 Å². The number of nitriles is 1. The largest absolute Gasteiger partial charge is 0.457 e. The fraction of sp³-hybridized carbons (Fsp3) is 0.267. The summed E-state index contributed by atoms with van der Waals surface area (Å²) in [5.74, 6) is 1.40. The molecule has 2 heterocycles. The Kier molecular flexibility index (Phi) is 2.45. The summed E-state index contributed by atoms with van der Waals surface area (Å²) in [5, 5.41) is 12.6. The van der Waals surface area contributed by atoms with Gasteiger partial charge in [0, 0.05) is 6.08 Å². The monoisotopic (exact) mass is 269 g/mol. The number of nitrogens with one attached hydrogen (secondary N) is 1. The number of hydrogen-bond donors (Lipinski definition) is 2. The van der Waals surface area contributed by atoms with E-state index in [0.717, 1.165) is 22.6 Å². The molecule has 3 rings (SSSR count). The van der Waals surface area contributed by atoms with E-state index in [1.54, 1.807) is 13.0 Å². The summed E-state index contributed by atoms with van der Waals surface area (Å²) in [5.41, 5.74) is 7.97. The van der Waals surface area contributed by atoms with E-state index >= 15 is 0 Å². The molecular formula is C15H15N3O2. The lowest BCUT2D eigenvalue weighted by Crippen LogP contribution is -2.44. The highest BCUT2D eigenvalue weighted by atomic mass is 16.5. The van der Waals surface area contributed by atoms with Crippen molar-refractivity contribution in [3.63, 3.8) is 0 Å². The van der Waals surface area contributed by atoms with Gasteiger partial charge in [0.2, 0.25) is 11.6 Å². The second kappa shape index (κ2) is 3.94. The first-order valence-electron chi connectivity index (χ1n) is 6.31. The van der Waals surface area contributed by atoms with Crippen molar-refractivity contribution in [2.45, 2.75) is 26.5 Å². The summed E-state index contributed by atoms with van der Waals surface area (Å²) in [6, 6.07) is 6.10. The Hall–Kier alpha value is -2.61. The standard InChI is InChI=1S/C15H15N3O2/c1-8-4-9(2)13-12(5-8)18-15(20-13)6-10(3)19-14(17)11(15)7-16/h4-6,18H,17H2,1-3H3/t15-/m0/s1. The molecule has 0 saturated carbocycles. The number of fused-ring (bicyclic) bond motifs is 1. The number of allylic oxidation sites excluding steroid dienone is 1. The Morgan fingerprint density at radius 3 is 2.75 bits per heavy atom. The van der Waals surface area contributed by atoms with Gasteiger partial charge in [-0.25, -0.2) is 0 Å². The highest BCUT2D eigenvalue weighted by Gasteiger charge is 2.46. The number of nitrogens with two attached hydrogens (primary N) is 1. The maximum atomic E-state index is 9.36. The average Bonchev–Trinajstić information content (AvgIpc) is 2.67. The molecule has 1 atom stereocenters. The molecule has 0 radical (unpaired) electrons. The van der Waals surface area contributed by atoms with Gasteiger partial charge in [-0.15, -0.1) is 0 Å². The zero-order valence-electron chi connectivity index (χ0n) is 11.6. The van der Waals surface area contributed by atoms with E-state index in [9.17, 15) is 5.26 Å². The van der Waals surface area contributed by atoms with Crippen LogP contribution in [0.2, 0.25) is 0 Å². The first-order chi connectivity index (χ1) is 9.45. The van der Waals surface area contributed by atoms with Crippen molar-refractivity contribution in [2.24, 2.45) is 5.73 Å². The molecule has 5 nitrogen and oxygen atoms in total. The molecule has 0 amide bonds. The lowest BCUT2D eigenvalue weighted by Gasteiger charge is -2.30. The molecule has 0 aliphatic carbocycles. The van der Waals surface area contributed by atoms with Crippen LogP contribution in [0.3, 0.4) is 0 Å². The smallest absolute Gasteiger partial charge is 0.245 e. The highest BCUT2D eigenvalue weighted by molar-refractivity contribution is 5.70. The van der Waals surface area contributed by atoms with Gasteiger partial charge in [0.15, 0.2) is 5.57 Å². The van der Waals surface area contributed by atoms with Crippen LogP contribution in [0, 0.1) is 25.2 Å². The fourth-order valence-electron chi connectivity index (χ4n) is 2.68. The Balaban J connectivity index is 2.15. The molecule has 0 unspecified atom stereocenters. The van der Waals surface area contributed by atoms with E-state index in [1.807, 2.05) is 26.0 Å². The van der Waals surface area contributed by atoms with Gasteiger partial charge in [0.1, 0.15) is 17.6 Å². The Morgan fingerprint density at radius 1 is 1.30 bits per heavy atom. The number of benzene rings is 1. The molecular weight excluding hydrogens is 254 g/mol.